The van der Waals surface area contributed by atoms with Crippen LogP contribution in [0.1, 0.15) is 12.5 Å². The maximum Gasteiger partial charge on any atom is 0.162 e. The quantitative estimate of drug-likeness (QED) is 0.321. The highest BCUT2D eigenvalue weighted by Gasteiger charge is 2.12. The monoisotopic (exact) mass is 215 g/mol. The Bertz CT molecular complexity index is 413. The lowest BCUT2D eigenvalue weighted by atomic mass is 10.1. The molecule has 1 aromatic carbocycles. The standard InChI is InChI=1S/C9H8F3N3/c1-5(14-15-13)2-6-3-7(10)4-8(11)9(6)12/h3-5H,2H2,1H3. The Kier molecular flexibility index (Phi) is 3.57. The van der Waals surface area contributed by atoms with E-state index in [1.165, 1.54) is 6.92 Å². The lowest BCUT2D eigenvalue weighted by Crippen LogP contribution is -2.05. The van der Waals surface area contributed by atoms with E-state index in [9.17, 15) is 13.2 Å². The topological polar surface area (TPSA) is 48.8 Å². The second kappa shape index (κ2) is 4.70. The van der Waals surface area contributed by atoms with Crippen molar-refractivity contribution in [2.75, 3.05) is 0 Å². The van der Waals surface area contributed by atoms with Crippen molar-refractivity contribution in [3.8, 4) is 0 Å². The van der Waals surface area contributed by atoms with Crippen LogP contribution in [0.15, 0.2) is 17.2 Å². The van der Waals surface area contributed by atoms with Crippen molar-refractivity contribution in [2.45, 2.75) is 19.4 Å². The summed E-state index contributed by atoms with van der Waals surface area (Å²) >= 11 is 0. The van der Waals surface area contributed by atoms with Gasteiger partial charge < -0.3 is 0 Å². The van der Waals surface area contributed by atoms with Crippen LogP contribution in [0.25, 0.3) is 10.4 Å². The molecule has 0 saturated heterocycles. The SMILES string of the molecule is CC(Cc1cc(F)cc(F)c1F)N=[N+]=[N-]. The Morgan fingerprint density at radius 2 is 2.07 bits per heavy atom. The summed E-state index contributed by atoms with van der Waals surface area (Å²) in [5, 5.41) is 3.29. The second-order valence-electron chi connectivity index (χ2n) is 3.12. The summed E-state index contributed by atoms with van der Waals surface area (Å²) in [6, 6.07) is 0.810. The fourth-order valence-electron chi connectivity index (χ4n) is 1.21. The van der Waals surface area contributed by atoms with Gasteiger partial charge in [-0.1, -0.05) is 12.0 Å². The molecule has 0 saturated carbocycles. The first kappa shape index (κ1) is 11.4. The molecular formula is C9H8F3N3. The summed E-state index contributed by atoms with van der Waals surface area (Å²) in [4.78, 5) is 2.52. The van der Waals surface area contributed by atoms with Crippen LogP contribution in [-0.4, -0.2) is 6.04 Å². The molecule has 1 unspecified atom stereocenters. The fourth-order valence-corrected chi connectivity index (χ4v) is 1.21. The largest absolute Gasteiger partial charge is 0.207 e. The predicted octanol–water partition coefficient (Wildman–Crippen LogP) is 3.35. The molecule has 3 nitrogen and oxygen atoms in total. The molecule has 0 spiro atoms. The van der Waals surface area contributed by atoms with Gasteiger partial charge in [-0.3, -0.25) is 0 Å². The van der Waals surface area contributed by atoms with Crippen LogP contribution in [0.3, 0.4) is 0 Å². The zero-order valence-electron chi connectivity index (χ0n) is 7.91. The zero-order valence-corrected chi connectivity index (χ0v) is 7.91. The summed E-state index contributed by atoms with van der Waals surface area (Å²) in [7, 11) is 0. The minimum Gasteiger partial charge on any atom is -0.207 e. The number of rotatable bonds is 3. The Hall–Kier alpha value is -1.68. The molecular weight excluding hydrogens is 207 g/mol. The minimum absolute atomic E-state index is 0.0371. The van der Waals surface area contributed by atoms with Crippen LogP contribution in [0.2, 0.25) is 0 Å². The molecule has 1 rings (SSSR count). The molecule has 0 aromatic heterocycles. The molecule has 1 atom stereocenters. The number of nitrogens with zero attached hydrogens (tertiary/aromatic N) is 3. The fraction of sp³-hybridized carbons (Fsp3) is 0.333. The van der Waals surface area contributed by atoms with Crippen molar-refractivity contribution in [3.05, 3.63) is 45.6 Å². The van der Waals surface area contributed by atoms with E-state index in [0.717, 1.165) is 6.07 Å². The van der Waals surface area contributed by atoms with Crippen molar-refractivity contribution in [2.24, 2.45) is 5.11 Å². The van der Waals surface area contributed by atoms with Gasteiger partial charge in [0.1, 0.15) is 5.82 Å². The number of azide groups is 1. The molecule has 15 heavy (non-hydrogen) atoms. The van der Waals surface area contributed by atoms with Gasteiger partial charge in [0, 0.05) is 17.0 Å². The Morgan fingerprint density at radius 1 is 1.40 bits per heavy atom. The molecule has 0 aliphatic carbocycles. The van der Waals surface area contributed by atoms with Gasteiger partial charge in [-0.2, -0.15) is 0 Å². The number of benzene rings is 1. The Balaban J connectivity index is 2.99. The molecule has 0 aliphatic heterocycles. The third-order valence-corrected chi connectivity index (χ3v) is 1.83. The average Bonchev–Trinajstić information content (AvgIpc) is 2.13. The van der Waals surface area contributed by atoms with Crippen LogP contribution in [0, 0.1) is 17.5 Å². The molecule has 1 aromatic rings. The van der Waals surface area contributed by atoms with E-state index in [0.29, 0.717) is 6.07 Å². The van der Waals surface area contributed by atoms with E-state index >= 15 is 0 Å². The van der Waals surface area contributed by atoms with Gasteiger partial charge in [0.2, 0.25) is 0 Å². The lowest BCUT2D eigenvalue weighted by molar-refractivity contribution is 0.481. The summed E-state index contributed by atoms with van der Waals surface area (Å²) < 4.78 is 38.6. The third-order valence-electron chi connectivity index (χ3n) is 1.83. The normalized spacial score (nSPS) is 12.0. The summed E-state index contributed by atoms with van der Waals surface area (Å²) in [6.45, 7) is 1.53. The smallest absolute Gasteiger partial charge is 0.162 e. The molecule has 0 heterocycles. The average molecular weight is 215 g/mol. The number of hydrogen-bond donors (Lipinski definition) is 0. The highest BCUT2D eigenvalue weighted by atomic mass is 19.2. The van der Waals surface area contributed by atoms with E-state index in [2.05, 4.69) is 10.0 Å². The van der Waals surface area contributed by atoms with Gasteiger partial charge in [-0.25, -0.2) is 13.2 Å². The summed E-state index contributed by atoms with van der Waals surface area (Å²) in [5.41, 5.74) is 7.98. The van der Waals surface area contributed by atoms with Gasteiger partial charge in [-0.05, 0) is 23.6 Å². The van der Waals surface area contributed by atoms with E-state index in [1.54, 1.807) is 0 Å². The maximum atomic E-state index is 13.1. The van der Waals surface area contributed by atoms with Crippen molar-refractivity contribution < 1.29 is 13.2 Å². The summed E-state index contributed by atoms with van der Waals surface area (Å²) in [5.74, 6) is -3.19. The molecule has 80 valence electrons. The van der Waals surface area contributed by atoms with Crippen LogP contribution < -0.4 is 0 Å². The molecule has 0 bridgehead atoms. The van der Waals surface area contributed by atoms with Crippen LogP contribution >= 0.6 is 0 Å². The van der Waals surface area contributed by atoms with Crippen molar-refractivity contribution >= 4 is 0 Å². The Labute approximate surface area is 84.2 Å². The van der Waals surface area contributed by atoms with E-state index in [1.807, 2.05) is 0 Å². The van der Waals surface area contributed by atoms with E-state index in [-0.39, 0.29) is 12.0 Å². The third kappa shape index (κ3) is 2.89. The second-order valence-corrected chi connectivity index (χ2v) is 3.12. The van der Waals surface area contributed by atoms with Gasteiger partial charge in [-0.15, -0.1) is 0 Å². The first-order valence-electron chi connectivity index (χ1n) is 4.22. The van der Waals surface area contributed by atoms with Crippen LogP contribution in [0.4, 0.5) is 13.2 Å². The molecule has 0 aliphatic rings. The van der Waals surface area contributed by atoms with Crippen molar-refractivity contribution in [3.63, 3.8) is 0 Å². The van der Waals surface area contributed by atoms with Crippen LogP contribution in [-0.2, 0) is 6.42 Å². The highest BCUT2D eigenvalue weighted by molar-refractivity contribution is 5.21. The maximum absolute atomic E-state index is 13.1. The van der Waals surface area contributed by atoms with E-state index in [4.69, 9.17) is 5.53 Å². The van der Waals surface area contributed by atoms with Gasteiger partial charge in [0.25, 0.3) is 0 Å². The molecule has 0 amide bonds. The van der Waals surface area contributed by atoms with Crippen LogP contribution in [0.5, 0.6) is 0 Å². The molecule has 0 N–H and O–H groups in total. The number of halogens is 3. The van der Waals surface area contributed by atoms with Gasteiger partial charge in [0.15, 0.2) is 11.6 Å². The summed E-state index contributed by atoms with van der Waals surface area (Å²) in [6.07, 6.45) is -0.0371. The highest BCUT2D eigenvalue weighted by Crippen LogP contribution is 2.16. The molecule has 0 radical (unpaired) electrons. The van der Waals surface area contributed by atoms with Gasteiger partial charge >= 0.3 is 0 Å². The predicted molar refractivity (Wildman–Crippen MR) is 48.6 cm³/mol. The minimum atomic E-state index is -1.24. The lowest BCUT2D eigenvalue weighted by Gasteiger charge is -2.06. The Morgan fingerprint density at radius 3 is 2.67 bits per heavy atom. The van der Waals surface area contributed by atoms with E-state index < -0.39 is 23.5 Å². The molecule has 6 heteroatoms. The van der Waals surface area contributed by atoms with Gasteiger partial charge in [0.05, 0.1) is 0 Å². The number of hydrogen-bond acceptors (Lipinski definition) is 1. The van der Waals surface area contributed by atoms with Crippen molar-refractivity contribution in [1.82, 2.24) is 0 Å². The molecule has 0 fully saturated rings. The van der Waals surface area contributed by atoms with Crippen molar-refractivity contribution in [1.29, 1.82) is 0 Å². The zero-order chi connectivity index (χ0) is 11.4. The first-order chi connectivity index (χ1) is 7.04. The first-order valence-corrected chi connectivity index (χ1v) is 4.22.